The number of fused-ring (bicyclic) bond motifs is 1. The number of hydrogen-bond donors (Lipinski definition) is 1. The van der Waals surface area contributed by atoms with Gasteiger partial charge in [0.15, 0.2) is 0 Å². The van der Waals surface area contributed by atoms with E-state index in [0.717, 1.165) is 44.0 Å². The molecule has 2 aromatic rings. The van der Waals surface area contributed by atoms with Gasteiger partial charge in [-0.2, -0.15) is 0 Å². The van der Waals surface area contributed by atoms with E-state index in [4.69, 9.17) is 9.47 Å². The summed E-state index contributed by atoms with van der Waals surface area (Å²) in [6.07, 6.45) is 0.579. The molecule has 3 aliphatic heterocycles. The number of nitrogens with zero attached hydrogens (tertiary/aromatic N) is 2. The number of hydrogen-bond acceptors (Lipinski definition) is 6. The van der Waals surface area contributed by atoms with Gasteiger partial charge in [0.2, 0.25) is 11.8 Å². The first kappa shape index (κ1) is 23.6. The van der Waals surface area contributed by atoms with Gasteiger partial charge in [0.25, 0.3) is 5.91 Å². The van der Waals surface area contributed by atoms with Crippen molar-refractivity contribution in [3.63, 3.8) is 0 Å². The second-order valence-corrected chi connectivity index (χ2v) is 9.57. The van der Waals surface area contributed by atoms with Crippen molar-refractivity contribution in [3.05, 3.63) is 52.6 Å². The standard InChI is InChI=1S/C25H29B2N3O5/c26-19-10-15(11-20(27)18(19)12-29-6-8-34-9-7-29)14-35-22-3-1-2-16-17(22)13-30(25(16)33)21-4-5-23(31)28-24(21)32/h1-3,10-11,21H,4-9,12-14,26-27H2,(H,28,31,32). The van der Waals surface area contributed by atoms with Crippen molar-refractivity contribution < 1.29 is 23.9 Å². The fourth-order valence-electron chi connectivity index (χ4n) is 5.25. The molecule has 180 valence electrons. The summed E-state index contributed by atoms with van der Waals surface area (Å²) in [5, 5.41) is 2.34. The van der Waals surface area contributed by atoms with Crippen LogP contribution in [0, 0.1) is 0 Å². The molecule has 3 aliphatic rings. The van der Waals surface area contributed by atoms with E-state index in [9.17, 15) is 14.4 Å². The summed E-state index contributed by atoms with van der Waals surface area (Å²) in [5.74, 6) is -0.244. The van der Waals surface area contributed by atoms with Gasteiger partial charge >= 0.3 is 0 Å². The molecular formula is C25H29B2N3O5. The van der Waals surface area contributed by atoms with Gasteiger partial charge < -0.3 is 14.4 Å². The van der Waals surface area contributed by atoms with E-state index in [1.165, 1.54) is 16.5 Å². The highest BCUT2D eigenvalue weighted by molar-refractivity contribution is 6.39. The highest BCUT2D eigenvalue weighted by atomic mass is 16.5. The van der Waals surface area contributed by atoms with Gasteiger partial charge in [-0.1, -0.05) is 29.1 Å². The summed E-state index contributed by atoms with van der Waals surface area (Å²) >= 11 is 0. The predicted molar refractivity (Wildman–Crippen MR) is 136 cm³/mol. The Morgan fingerprint density at radius 2 is 1.83 bits per heavy atom. The van der Waals surface area contributed by atoms with Gasteiger partial charge in [0, 0.05) is 37.2 Å². The number of piperidine rings is 1. The van der Waals surface area contributed by atoms with E-state index < -0.39 is 11.9 Å². The molecule has 10 heteroatoms. The van der Waals surface area contributed by atoms with Crippen molar-refractivity contribution in [2.45, 2.75) is 38.6 Å². The second kappa shape index (κ2) is 9.87. The Morgan fingerprint density at radius 1 is 1.09 bits per heavy atom. The van der Waals surface area contributed by atoms with Crippen LogP contribution in [0.3, 0.4) is 0 Å². The third-order valence-corrected chi connectivity index (χ3v) is 7.17. The minimum Gasteiger partial charge on any atom is -0.489 e. The van der Waals surface area contributed by atoms with Crippen LogP contribution in [0.15, 0.2) is 30.3 Å². The van der Waals surface area contributed by atoms with Crippen molar-refractivity contribution in [2.24, 2.45) is 0 Å². The van der Waals surface area contributed by atoms with Gasteiger partial charge in [-0.3, -0.25) is 24.6 Å². The molecule has 0 aliphatic carbocycles. The van der Waals surface area contributed by atoms with Crippen LogP contribution >= 0.6 is 0 Å². The maximum absolute atomic E-state index is 13.0. The average Bonchev–Trinajstić information content (AvgIpc) is 3.17. The van der Waals surface area contributed by atoms with Crippen LogP contribution in [0.2, 0.25) is 0 Å². The van der Waals surface area contributed by atoms with Crippen LogP contribution in [0.5, 0.6) is 5.75 Å². The third-order valence-electron chi connectivity index (χ3n) is 7.17. The molecule has 0 radical (unpaired) electrons. The van der Waals surface area contributed by atoms with Crippen LogP contribution in [0.25, 0.3) is 0 Å². The van der Waals surface area contributed by atoms with E-state index in [1.54, 1.807) is 11.0 Å². The molecule has 5 rings (SSSR count). The van der Waals surface area contributed by atoms with E-state index in [-0.39, 0.29) is 18.2 Å². The summed E-state index contributed by atoms with van der Waals surface area (Å²) in [7, 11) is 4.28. The molecule has 2 saturated heterocycles. The monoisotopic (exact) mass is 473 g/mol. The fraction of sp³-hybridized carbons (Fsp3) is 0.400. The lowest BCUT2D eigenvalue weighted by molar-refractivity contribution is -0.136. The Morgan fingerprint density at radius 3 is 2.54 bits per heavy atom. The summed E-state index contributed by atoms with van der Waals surface area (Å²) in [6.45, 7) is 5.10. The molecule has 1 unspecified atom stereocenters. The molecule has 0 saturated carbocycles. The number of amides is 3. The molecule has 0 aromatic heterocycles. The molecule has 1 N–H and O–H groups in total. The molecule has 1 atom stereocenters. The molecule has 0 spiro atoms. The number of imide groups is 1. The van der Waals surface area contributed by atoms with Crippen LogP contribution in [0.4, 0.5) is 0 Å². The smallest absolute Gasteiger partial charge is 0.255 e. The Hall–Kier alpha value is -3.10. The van der Waals surface area contributed by atoms with Gasteiger partial charge in [0.05, 0.1) is 19.8 Å². The largest absolute Gasteiger partial charge is 0.489 e. The summed E-state index contributed by atoms with van der Waals surface area (Å²) in [5.41, 5.74) is 6.26. The van der Waals surface area contributed by atoms with Crippen LogP contribution < -0.4 is 21.0 Å². The Bertz CT molecular complexity index is 1160. The molecule has 3 amide bonds. The van der Waals surface area contributed by atoms with Gasteiger partial charge in [-0.25, -0.2) is 0 Å². The lowest BCUT2D eigenvalue weighted by atomic mass is 9.79. The highest BCUT2D eigenvalue weighted by Gasteiger charge is 2.40. The number of carbonyl (C=O) groups excluding carboxylic acids is 3. The zero-order valence-electron chi connectivity index (χ0n) is 20.3. The van der Waals surface area contributed by atoms with Crippen molar-refractivity contribution in [2.75, 3.05) is 26.3 Å². The van der Waals surface area contributed by atoms with Crippen molar-refractivity contribution in [3.8, 4) is 5.75 Å². The molecule has 8 nitrogen and oxygen atoms in total. The molecular weight excluding hydrogens is 444 g/mol. The average molecular weight is 473 g/mol. The van der Waals surface area contributed by atoms with E-state index in [0.29, 0.717) is 30.9 Å². The van der Waals surface area contributed by atoms with Crippen LogP contribution in [0.1, 0.15) is 39.9 Å². The lowest BCUT2D eigenvalue weighted by Gasteiger charge is -2.29. The van der Waals surface area contributed by atoms with Crippen molar-refractivity contribution >= 4 is 44.3 Å². The number of ether oxygens (including phenoxy) is 2. The summed E-state index contributed by atoms with van der Waals surface area (Å²) in [4.78, 5) is 40.9. The minimum atomic E-state index is -0.634. The number of nitrogens with one attached hydrogen (secondary N) is 1. The predicted octanol–water partition coefficient (Wildman–Crippen LogP) is -1.62. The summed E-state index contributed by atoms with van der Waals surface area (Å²) < 4.78 is 11.7. The van der Waals surface area contributed by atoms with Gasteiger partial charge in [-0.05, 0) is 29.7 Å². The quantitative estimate of drug-likeness (QED) is 0.401. The van der Waals surface area contributed by atoms with E-state index in [2.05, 4.69) is 38.0 Å². The van der Waals surface area contributed by atoms with Crippen LogP contribution in [-0.2, 0) is 34.0 Å². The first-order valence-electron chi connectivity index (χ1n) is 12.2. The number of rotatable bonds is 6. The second-order valence-electron chi connectivity index (χ2n) is 9.57. The maximum atomic E-state index is 13.0. The van der Waals surface area contributed by atoms with Crippen LogP contribution in [-0.4, -0.2) is 75.6 Å². The van der Waals surface area contributed by atoms with Gasteiger partial charge in [-0.15, -0.1) is 0 Å². The van der Waals surface area contributed by atoms with E-state index >= 15 is 0 Å². The first-order chi connectivity index (χ1) is 16.9. The maximum Gasteiger partial charge on any atom is 0.255 e. The SMILES string of the molecule is Bc1cc(COc2cccc3c2CN(C2CCC(=O)NC2=O)C3=O)cc(B)c1CN1CCOCC1. The number of morpholine rings is 1. The lowest BCUT2D eigenvalue weighted by Crippen LogP contribution is -2.52. The number of benzene rings is 2. The van der Waals surface area contributed by atoms with Crippen molar-refractivity contribution in [1.82, 2.24) is 15.1 Å². The minimum absolute atomic E-state index is 0.195. The van der Waals surface area contributed by atoms with E-state index in [1.807, 2.05) is 12.1 Å². The fourth-order valence-corrected chi connectivity index (χ4v) is 5.25. The van der Waals surface area contributed by atoms with Gasteiger partial charge in [0.1, 0.15) is 34.1 Å². The zero-order chi connectivity index (χ0) is 24.5. The Labute approximate surface area is 206 Å². The topological polar surface area (TPSA) is 88.2 Å². The third kappa shape index (κ3) is 4.86. The Balaban J connectivity index is 1.28. The highest BCUT2D eigenvalue weighted by Crippen LogP contribution is 2.33. The zero-order valence-corrected chi connectivity index (χ0v) is 20.3. The summed E-state index contributed by atoms with van der Waals surface area (Å²) in [6, 6.07) is 9.16. The first-order valence-corrected chi connectivity index (χ1v) is 12.2. The molecule has 35 heavy (non-hydrogen) atoms. The Kier molecular flexibility index (Phi) is 6.67. The number of carbonyl (C=O) groups is 3. The molecule has 3 heterocycles. The molecule has 0 bridgehead atoms. The molecule has 2 fully saturated rings. The molecule has 2 aromatic carbocycles. The van der Waals surface area contributed by atoms with Crippen molar-refractivity contribution in [1.29, 1.82) is 0 Å². The normalized spacial score (nSPS) is 20.6.